The van der Waals surface area contributed by atoms with E-state index in [9.17, 15) is 0 Å². The van der Waals surface area contributed by atoms with E-state index in [0.29, 0.717) is 6.54 Å². The van der Waals surface area contributed by atoms with Gasteiger partial charge in [-0.15, -0.1) is 0 Å². The van der Waals surface area contributed by atoms with E-state index in [2.05, 4.69) is 15.9 Å². The molecule has 1 rings (SSSR count). The molecular weight excluding hydrogens is 225 g/mol. The summed E-state index contributed by atoms with van der Waals surface area (Å²) in [5, 5.41) is 0.742. The van der Waals surface area contributed by atoms with Crippen LogP contribution in [0, 0.1) is 6.92 Å². The lowest BCUT2D eigenvalue weighted by Gasteiger charge is -2.05. The van der Waals surface area contributed by atoms with Gasteiger partial charge in [0.25, 0.3) is 0 Å². The zero-order valence-electron chi connectivity index (χ0n) is 6.20. The molecule has 0 saturated heterocycles. The highest BCUT2D eigenvalue weighted by molar-refractivity contribution is 9.10. The average molecular weight is 235 g/mol. The maximum absolute atomic E-state index is 5.81. The van der Waals surface area contributed by atoms with Crippen LogP contribution in [-0.4, -0.2) is 0 Å². The molecule has 0 bridgehead atoms. The van der Waals surface area contributed by atoms with Crippen molar-refractivity contribution in [1.82, 2.24) is 0 Å². The van der Waals surface area contributed by atoms with Crippen molar-refractivity contribution in [1.29, 1.82) is 0 Å². The summed E-state index contributed by atoms with van der Waals surface area (Å²) in [6.07, 6.45) is 0. The molecule has 0 amide bonds. The Balaban J connectivity index is 3.25. The van der Waals surface area contributed by atoms with Crippen LogP contribution in [0.25, 0.3) is 0 Å². The van der Waals surface area contributed by atoms with Crippen molar-refractivity contribution in [2.24, 2.45) is 5.73 Å². The van der Waals surface area contributed by atoms with Crippen LogP contribution in [0.2, 0.25) is 5.02 Å². The minimum absolute atomic E-state index is 0.545. The quantitative estimate of drug-likeness (QED) is 0.794. The van der Waals surface area contributed by atoms with Gasteiger partial charge in [-0.2, -0.15) is 0 Å². The number of nitrogens with two attached hydrogens (primary N) is 1. The summed E-state index contributed by atoms with van der Waals surface area (Å²) in [7, 11) is 0. The summed E-state index contributed by atoms with van der Waals surface area (Å²) < 4.78 is 0.991. The van der Waals surface area contributed by atoms with Crippen LogP contribution in [0.5, 0.6) is 0 Å². The summed E-state index contributed by atoms with van der Waals surface area (Å²) in [6.45, 7) is 2.54. The van der Waals surface area contributed by atoms with E-state index < -0.39 is 0 Å². The van der Waals surface area contributed by atoms with Gasteiger partial charge in [0.05, 0.1) is 0 Å². The molecule has 2 N–H and O–H groups in total. The van der Waals surface area contributed by atoms with Gasteiger partial charge in [0.2, 0.25) is 0 Å². The van der Waals surface area contributed by atoms with Crippen LogP contribution < -0.4 is 5.73 Å². The molecule has 11 heavy (non-hydrogen) atoms. The van der Waals surface area contributed by atoms with E-state index in [1.165, 1.54) is 0 Å². The number of hydrogen-bond acceptors (Lipinski definition) is 1. The molecule has 3 heteroatoms. The van der Waals surface area contributed by atoms with Crippen LogP contribution in [0.1, 0.15) is 11.1 Å². The Morgan fingerprint density at radius 1 is 1.55 bits per heavy atom. The molecular formula is C8H9BrClN. The van der Waals surface area contributed by atoms with Crippen molar-refractivity contribution in [3.05, 3.63) is 32.8 Å². The van der Waals surface area contributed by atoms with Crippen LogP contribution in [0.4, 0.5) is 0 Å². The number of hydrogen-bond donors (Lipinski definition) is 1. The second-order valence-corrected chi connectivity index (χ2v) is 3.68. The molecule has 0 aliphatic heterocycles. The predicted molar refractivity (Wildman–Crippen MR) is 51.8 cm³/mol. The minimum atomic E-state index is 0.545. The Morgan fingerprint density at radius 3 is 2.64 bits per heavy atom. The van der Waals surface area contributed by atoms with Gasteiger partial charge in [-0.25, -0.2) is 0 Å². The Kier molecular flexibility index (Phi) is 2.93. The van der Waals surface area contributed by atoms with Crippen molar-refractivity contribution in [2.45, 2.75) is 13.5 Å². The minimum Gasteiger partial charge on any atom is -0.326 e. The van der Waals surface area contributed by atoms with Crippen molar-refractivity contribution < 1.29 is 0 Å². The number of rotatable bonds is 1. The predicted octanol–water partition coefficient (Wildman–Crippen LogP) is 2.87. The van der Waals surface area contributed by atoms with Gasteiger partial charge in [0.1, 0.15) is 0 Å². The Labute approximate surface area is 79.7 Å². The first-order valence-corrected chi connectivity index (χ1v) is 4.47. The molecule has 0 spiro atoms. The third-order valence-corrected chi connectivity index (χ3v) is 2.51. The van der Waals surface area contributed by atoms with Crippen molar-refractivity contribution in [3.8, 4) is 0 Å². The molecule has 1 nitrogen and oxygen atoms in total. The van der Waals surface area contributed by atoms with Gasteiger partial charge >= 0.3 is 0 Å². The normalized spacial score (nSPS) is 10.2. The second kappa shape index (κ2) is 3.57. The highest BCUT2D eigenvalue weighted by Gasteiger charge is 2.02. The topological polar surface area (TPSA) is 26.0 Å². The molecule has 0 aliphatic rings. The number of halogens is 2. The lowest BCUT2D eigenvalue weighted by Crippen LogP contribution is -1.99. The first kappa shape index (κ1) is 9.04. The Morgan fingerprint density at radius 2 is 2.18 bits per heavy atom. The fourth-order valence-electron chi connectivity index (χ4n) is 0.991. The van der Waals surface area contributed by atoms with Crippen LogP contribution in [0.3, 0.4) is 0 Å². The van der Waals surface area contributed by atoms with Gasteiger partial charge in [-0.3, -0.25) is 0 Å². The molecule has 0 radical (unpaired) electrons. The van der Waals surface area contributed by atoms with E-state index in [1.807, 2.05) is 19.1 Å². The van der Waals surface area contributed by atoms with E-state index in [4.69, 9.17) is 17.3 Å². The largest absolute Gasteiger partial charge is 0.326 e. The summed E-state index contributed by atoms with van der Waals surface area (Å²) >= 11 is 9.20. The van der Waals surface area contributed by atoms with E-state index in [-0.39, 0.29) is 0 Å². The number of benzene rings is 1. The fourth-order valence-corrected chi connectivity index (χ4v) is 2.12. The lowest BCUT2D eigenvalue weighted by atomic mass is 10.1. The zero-order chi connectivity index (χ0) is 8.43. The maximum atomic E-state index is 5.81. The smallest absolute Gasteiger partial charge is 0.0420 e. The Bertz CT molecular complexity index is 250. The third kappa shape index (κ3) is 1.95. The van der Waals surface area contributed by atoms with Gasteiger partial charge in [-0.1, -0.05) is 27.5 Å². The summed E-state index contributed by atoms with van der Waals surface area (Å²) in [4.78, 5) is 0. The molecule has 0 saturated carbocycles. The average Bonchev–Trinajstić information content (AvgIpc) is 1.85. The van der Waals surface area contributed by atoms with Crippen molar-refractivity contribution in [2.75, 3.05) is 0 Å². The van der Waals surface area contributed by atoms with Crippen molar-refractivity contribution in [3.63, 3.8) is 0 Å². The second-order valence-electron chi connectivity index (χ2n) is 2.39. The molecule has 60 valence electrons. The van der Waals surface area contributed by atoms with E-state index in [1.54, 1.807) is 0 Å². The van der Waals surface area contributed by atoms with Gasteiger partial charge in [-0.05, 0) is 30.2 Å². The number of aryl methyl sites for hydroxylation is 1. The Hall–Kier alpha value is -0.0500. The highest BCUT2D eigenvalue weighted by Crippen LogP contribution is 2.24. The van der Waals surface area contributed by atoms with Crippen LogP contribution in [-0.2, 0) is 6.54 Å². The SMILES string of the molecule is Cc1cc(Cl)cc(Br)c1CN. The highest BCUT2D eigenvalue weighted by atomic mass is 79.9. The van der Waals surface area contributed by atoms with E-state index >= 15 is 0 Å². The monoisotopic (exact) mass is 233 g/mol. The first-order valence-electron chi connectivity index (χ1n) is 3.29. The molecule has 0 fully saturated rings. The summed E-state index contributed by atoms with van der Waals surface area (Å²) in [5.74, 6) is 0. The molecule has 1 aromatic carbocycles. The van der Waals surface area contributed by atoms with Crippen molar-refractivity contribution >= 4 is 27.5 Å². The summed E-state index contributed by atoms with van der Waals surface area (Å²) in [5.41, 5.74) is 7.78. The lowest BCUT2D eigenvalue weighted by molar-refractivity contribution is 1.04. The molecule has 0 atom stereocenters. The fraction of sp³-hybridized carbons (Fsp3) is 0.250. The van der Waals surface area contributed by atoms with Crippen LogP contribution >= 0.6 is 27.5 Å². The zero-order valence-corrected chi connectivity index (χ0v) is 8.54. The first-order chi connectivity index (χ1) is 5.15. The van der Waals surface area contributed by atoms with Gasteiger partial charge < -0.3 is 5.73 Å². The van der Waals surface area contributed by atoms with Crippen LogP contribution in [0.15, 0.2) is 16.6 Å². The van der Waals surface area contributed by atoms with Gasteiger partial charge in [0, 0.05) is 16.0 Å². The maximum Gasteiger partial charge on any atom is 0.0420 e. The molecule has 0 unspecified atom stereocenters. The molecule has 1 aromatic rings. The molecule has 0 aliphatic carbocycles. The third-order valence-electron chi connectivity index (χ3n) is 1.59. The van der Waals surface area contributed by atoms with E-state index in [0.717, 1.165) is 20.6 Å². The summed E-state index contributed by atoms with van der Waals surface area (Å²) in [6, 6.07) is 3.77. The molecule has 0 aromatic heterocycles. The standard InChI is InChI=1S/C8H9BrClN/c1-5-2-6(10)3-8(9)7(5)4-11/h2-3H,4,11H2,1H3. The van der Waals surface area contributed by atoms with Gasteiger partial charge in [0.15, 0.2) is 0 Å². The molecule has 0 heterocycles.